The molecule has 2 heterocycles. The largest absolute Gasteiger partial charge is 0.495 e. The molecule has 1 aliphatic rings. The number of anilines is 3. The number of nitrogens with zero attached hydrogens (tertiary/aromatic N) is 2. The molecule has 190 valence electrons. The van der Waals surface area contributed by atoms with Crippen molar-refractivity contribution < 1.29 is 28.7 Å². The third kappa shape index (κ3) is 5.15. The Labute approximate surface area is 224 Å². The number of esters is 1. The molecule has 0 bridgehead atoms. The van der Waals surface area contributed by atoms with Gasteiger partial charge in [-0.1, -0.05) is 34.5 Å². The third-order valence-corrected chi connectivity index (χ3v) is 6.85. The monoisotopic (exact) mass is 560 g/mol. The molecule has 2 aromatic carbocycles. The van der Waals surface area contributed by atoms with E-state index in [1.54, 1.807) is 25.1 Å². The maximum Gasteiger partial charge on any atom is 0.350 e. The maximum atomic E-state index is 13.1. The lowest BCUT2D eigenvalue weighted by atomic mass is 10.2. The molecule has 0 radical (unpaired) electrons. The van der Waals surface area contributed by atoms with Gasteiger partial charge in [0, 0.05) is 16.3 Å². The predicted octanol–water partition coefficient (Wildman–Crippen LogP) is 4.59. The van der Waals surface area contributed by atoms with Gasteiger partial charge in [0.1, 0.15) is 21.4 Å². The van der Waals surface area contributed by atoms with Crippen LogP contribution in [0.1, 0.15) is 25.7 Å². The van der Waals surface area contributed by atoms with Crippen LogP contribution in [0.2, 0.25) is 5.02 Å². The van der Waals surface area contributed by atoms with Crippen LogP contribution >= 0.6 is 34.5 Å². The van der Waals surface area contributed by atoms with Crippen LogP contribution in [0.4, 0.5) is 16.5 Å². The van der Waals surface area contributed by atoms with Crippen LogP contribution in [-0.4, -0.2) is 42.9 Å². The Bertz CT molecular complexity index is 1470. The number of aryl methyl sites for hydroxylation is 1. The van der Waals surface area contributed by atoms with E-state index in [0.717, 1.165) is 16.2 Å². The predicted molar refractivity (Wildman–Crippen MR) is 140 cm³/mol. The number of nitrogens with one attached hydrogen (secondary N) is 2. The fraction of sp³-hybridized carbons (Fsp3) is 0.125. The summed E-state index contributed by atoms with van der Waals surface area (Å²) in [5.74, 6) is -2.17. The molecule has 3 aromatic rings. The summed E-state index contributed by atoms with van der Waals surface area (Å²) < 4.78 is 9.95. The molecule has 10 nitrogen and oxygen atoms in total. The van der Waals surface area contributed by atoms with Crippen molar-refractivity contribution in [2.24, 2.45) is 0 Å². The number of amides is 3. The standard InChI is InChI=1S/C24H18Cl2N4O6S/c1-11-19(23(34)36-3)37-24(27-11)29-20(31)12-4-7-14(8-5-12)28-18-17(26)21(32)30(22(18)33)15-10-13(25)6-9-16(15)35-2/h4-10,28H,1-3H3,(H,27,29,31). The van der Waals surface area contributed by atoms with Crippen molar-refractivity contribution in [3.05, 3.63) is 74.4 Å². The average Bonchev–Trinajstić information content (AvgIpc) is 3.35. The molecule has 0 fully saturated rings. The van der Waals surface area contributed by atoms with Gasteiger partial charge in [-0.3, -0.25) is 19.7 Å². The molecule has 0 spiro atoms. The molecule has 1 aromatic heterocycles. The molecular formula is C24H18Cl2N4O6S. The van der Waals surface area contributed by atoms with Gasteiger partial charge in [-0.15, -0.1) is 0 Å². The minimum atomic E-state index is -0.740. The minimum absolute atomic E-state index is 0.139. The summed E-state index contributed by atoms with van der Waals surface area (Å²) in [4.78, 5) is 55.6. The van der Waals surface area contributed by atoms with Gasteiger partial charge in [0.05, 0.1) is 25.6 Å². The van der Waals surface area contributed by atoms with Gasteiger partial charge in [-0.05, 0) is 49.4 Å². The zero-order valence-corrected chi connectivity index (χ0v) is 21.9. The number of hydrogen-bond donors (Lipinski definition) is 2. The SMILES string of the molecule is COC(=O)c1sc(NC(=O)c2ccc(NC3=C(Cl)C(=O)N(c4cc(Cl)ccc4OC)C3=O)cc2)nc1C. The fourth-order valence-corrected chi connectivity index (χ4v) is 4.68. The van der Waals surface area contributed by atoms with E-state index in [-0.39, 0.29) is 32.9 Å². The van der Waals surface area contributed by atoms with Gasteiger partial charge in [0.25, 0.3) is 17.7 Å². The zero-order chi connectivity index (χ0) is 26.9. The quantitative estimate of drug-likeness (QED) is 0.317. The van der Waals surface area contributed by atoms with E-state index in [4.69, 9.17) is 32.7 Å². The second kappa shape index (κ2) is 10.6. The number of imide groups is 1. The molecule has 0 saturated carbocycles. The number of halogens is 2. The minimum Gasteiger partial charge on any atom is -0.495 e. The first-order chi connectivity index (χ1) is 17.6. The van der Waals surface area contributed by atoms with E-state index >= 15 is 0 Å². The highest BCUT2D eigenvalue weighted by Crippen LogP contribution is 2.37. The number of carbonyl (C=O) groups excluding carboxylic acids is 4. The molecule has 13 heteroatoms. The third-order valence-electron chi connectivity index (χ3n) is 5.21. The molecular weight excluding hydrogens is 543 g/mol. The van der Waals surface area contributed by atoms with E-state index in [2.05, 4.69) is 15.6 Å². The lowest BCUT2D eigenvalue weighted by Gasteiger charge is -2.18. The zero-order valence-electron chi connectivity index (χ0n) is 19.5. The van der Waals surface area contributed by atoms with Crippen LogP contribution in [0, 0.1) is 6.92 Å². The summed E-state index contributed by atoms with van der Waals surface area (Å²) in [6.45, 7) is 1.64. The molecule has 37 heavy (non-hydrogen) atoms. The smallest absolute Gasteiger partial charge is 0.350 e. The number of ether oxygens (including phenoxy) is 2. The highest BCUT2D eigenvalue weighted by atomic mass is 35.5. The molecule has 0 aliphatic carbocycles. The Morgan fingerprint density at radius 1 is 1.03 bits per heavy atom. The summed E-state index contributed by atoms with van der Waals surface area (Å²) in [5, 5.41) is 5.70. The number of rotatable bonds is 7. The topological polar surface area (TPSA) is 127 Å². The maximum absolute atomic E-state index is 13.1. The summed E-state index contributed by atoms with van der Waals surface area (Å²) in [6, 6.07) is 10.6. The summed E-state index contributed by atoms with van der Waals surface area (Å²) in [5.41, 5.74) is 1.15. The van der Waals surface area contributed by atoms with Gasteiger partial charge in [-0.25, -0.2) is 14.7 Å². The Morgan fingerprint density at radius 3 is 2.38 bits per heavy atom. The van der Waals surface area contributed by atoms with Gasteiger partial charge in [0.2, 0.25) is 0 Å². The van der Waals surface area contributed by atoms with E-state index in [1.807, 2.05) is 0 Å². The fourth-order valence-electron chi connectivity index (χ4n) is 3.42. The molecule has 1 aliphatic heterocycles. The number of thiazole rings is 1. The molecule has 0 atom stereocenters. The first-order valence-electron chi connectivity index (χ1n) is 10.5. The number of benzene rings is 2. The van der Waals surface area contributed by atoms with E-state index < -0.39 is 23.7 Å². The van der Waals surface area contributed by atoms with E-state index in [1.165, 1.54) is 38.5 Å². The van der Waals surface area contributed by atoms with E-state index in [9.17, 15) is 19.2 Å². The molecule has 4 rings (SSSR count). The lowest BCUT2D eigenvalue weighted by Crippen LogP contribution is -2.32. The van der Waals surface area contributed by atoms with Gasteiger partial charge in [-0.2, -0.15) is 0 Å². The Morgan fingerprint density at radius 2 is 1.73 bits per heavy atom. The van der Waals surface area contributed by atoms with Crippen molar-refractivity contribution in [3.8, 4) is 5.75 Å². The van der Waals surface area contributed by atoms with Crippen molar-refractivity contribution >= 4 is 74.7 Å². The highest BCUT2D eigenvalue weighted by molar-refractivity contribution is 7.17. The number of carbonyl (C=O) groups is 4. The van der Waals surface area contributed by atoms with Crippen molar-refractivity contribution in [2.75, 3.05) is 29.8 Å². The normalized spacial score (nSPS) is 13.2. The second-order valence-corrected chi connectivity index (χ2v) is 9.35. The van der Waals surface area contributed by atoms with Crippen LogP contribution < -0.4 is 20.3 Å². The second-order valence-electron chi connectivity index (χ2n) is 7.53. The van der Waals surface area contributed by atoms with Gasteiger partial charge >= 0.3 is 5.97 Å². The van der Waals surface area contributed by atoms with Gasteiger partial charge < -0.3 is 14.8 Å². The van der Waals surface area contributed by atoms with Crippen molar-refractivity contribution in [2.45, 2.75) is 6.92 Å². The summed E-state index contributed by atoms with van der Waals surface area (Å²) in [6.07, 6.45) is 0. The first-order valence-corrected chi connectivity index (χ1v) is 12.1. The molecule has 0 saturated heterocycles. The van der Waals surface area contributed by atoms with Crippen LogP contribution in [0.15, 0.2) is 53.2 Å². The Balaban J connectivity index is 1.49. The average molecular weight is 561 g/mol. The Hall–Kier alpha value is -3.93. The van der Waals surface area contributed by atoms with Gasteiger partial charge in [0.15, 0.2) is 5.13 Å². The van der Waals surface area contributed by atoms with Crippen LogP contribution in [-0.2, 0) is 14.3 Å². The number of hydrogen-bond acceptors (Lipinski definition) is 9. The van der Waals surface area contributed by atoms with Crippen molar-refractivity contribution in [1.29, 1.82) is 0 Å². The lowest BCUT2D eigenvalue weighted by molar-refractivity contribution is -0.120. The van der Waals surface area contributed by atoms with Crippen LogP contribution in [0.3, 0.4) is 0 Å². The summed E-state index contributed by atoms with van der Waals surface area (Å²) in [7, 11) is 2.66. The van der Waals surface area contributed by atoms with E-state index in [0.29, 0.717) is 21.3 Å². The molecule has 3 amide bonds. The number of methoxy groups -OCH3 is 2. The number of aromatic nitrogens is 1. The van der Waals surface area contributed by atoms with Crippen LogP contribution in [0.25, 0.3) is 0 Å². The van der Waals surface area contributed by atoms with Crippen LogP contribution in [0.5, 0.6) is 5.75 Å². The highest BCUT2D eigenvalue weighted by Gasteiger charge is 2.40. The van der Waals surface area contributed by atoms with Crippen molar-refractivity contribution in [1.82, 2.24) is 4.98 Å². The Kier molecular flexibility index (Phi) is 7.48. The molecule has 0 unspecified atom stereocenters. The summed E-state index contributed by atoms with van der Waals surface area (Å²) >= 11 is 13.2. The first kappa shape index (κ1) is 26.1. The van der Waals surface area contributed by atoms with Crippen molar-refractivity contribution in [3.63, 3.8) is 0 Å². The molecule has 2 N–H and O–H groups in total.